The Morgan fingerprint density at radius 3 is 3.27 bits per heavy atom. The fraction of sp³-hybridized carbons (Fsp3) is 0. The molecule has 1 amide bonds. The molecule has 6 heteroatoms. The molecule has 1 aliphatic heterocycles. The number of nitrogens with one attached hydrogen (secondary N) is 2. The van der Waals surface area contributed by atoms with E-state index in [1.807, 2.05) is 0 Å². The molecular weight excluding hydrogens is 166 g/mol. The molecule has 0 aliphatic carbocycles. The van der Waals surface area contributed by atoms with Gasteiger partial charge in [-0.2, -0.15) is 0 Å². The topological polar surface area (TPSA) is 80.8 Å². The number of fused-ring (bicyclic) bond motifs is 1. The molecule has 0 saturated heterocycles. The highest BCUT2D eigenvalue weighted by Crippen LogP contribution is 1.84. The second-order valence-electron chi connectivity index (χ2n) is 2.05. The predicted molar refractivity (Wildman–Crippen MR) is 39.2 cm³/mol. The van der Waals surface area contributed by atoms with Crippen molar-refractivity contribution in [1.29, 1.82) is 0 Å². The number of carbonyl (C=O) groups is 1. The van der Waals surface area contributed by atoms with Crippen molar-refractivity contribution in [1.82, 2.24) is 14.7 Å². The smallest absolute Gasteiger partial charge is 0.283 e. The van der Waals surface area contributed by atoms with E-state index in [9.17, 15) is 9.35 Å². The third-order valence-electron chi connectivity index (χ3n) is 1.33. The van der Waals surface area contributed by atoms with Crippen LogP contribution < -0.4 is 10.1 Å². The molecule has 0 spiro atoms. The van der Waals surface area contributed by atoms with Crippen LogP contribution in [0.1, 0.15) is 0 Å². The maximum absolute atomic E-state index is 11.1. The Morgan fingerprint density at radius 1 is 1.64 bits per heavy atom. The van der Waals surface area contributed by atoms with Crippen LogP contribution in [0.2, 0.25) is 0 Å². The highest BCUT2D eigenvalue weighted by atomic mass is 32.2. The zero-order valence-electron chi connectivity index (χ0n) is 5.37. The van der Waals surface area contributed by atoms with Gasteiger partial charge in [0.05, 0.1) is 6.33 Å². The molecule has 1 unspecified atom stereocenters. The first-order chi connectivity index (χ1) is 5.27. The molecule has 0 saturated carbocycles. The van der Waals surface area contributed by atoms with Crippen LogP contribution in [-0.2, 0) is 15.7 Å². The van der Waals surface area contributed by atoms with Gasteiger partial charge in [0.15, 0.2) is 0 Å². The van der Waals surface area contributed by atoms with Crippen molar-refractivity contribution in [3.05, 3.63) is 16.3 Å². The summed E-state index contributed by atoms with van der Waals surface area (Å²) in [6.07, 6.45) is 2.72. The number of aromatic amines is 1. The maximum atomic E-state index is 11.1. The average Bonchev–Trinajstić information content (AvgIpc) is 2.34. The van der Waals surface area contributed by atoms with Crippen molar-refractivity contribution >= 4 is 22.9 Å². The molecule has 2 rings (SSSR count). The summed E-state index contributed by atoms with van der Waals surface area (Å²) in [6, 6.07) is 0. The maximum Gasteiger partial charge on any atom is 0.283 e. The summed E-state index contributed by atoms with van der Waals surface area (Å²) in [5, 5.41) is 0.467. The number of hydrogen-bond donors (Lipinski definition) is 2. The monoisotopic (exact) mass is 171 g/mol. The van der Waals surface area contributed by atoms with Gasteiger partial charge in [0, 0.05) is 6.08 Å². The summed E-state index contributed by atoms with van der Waals surface area (Å²) < 4.78 is 13.8. The minimum Gasteiger partial charge on any atom is -0.628 e. The zero-order valence-corrected chi connectivity index (χ0v) is 6.26. The molecule has 2 heterocycles. The Bertz CT molecular complexity index is 421. The van der Waals surface area contributed by atoms with Crippen LogP contribution in [0.5, 0.6) is 0 Å². The van der Waals surface area contributed by atoms with Gasteiger partial charge in [0.1, 0.15) is 5.35 Å². The van der Waals surface area contributed by atoms with Crippen molar-refractivity contribution in [2.24, 2.45) is 0 Å². The zero-order chi connectivity index (χ0) is 7.84. The summed E-state index contributed by atoms with van der Waals surface area (Å²) in [4.78, 5) is 17.2. The van der Waals surface area contributed by atoms with Crippen LogP contribution in [0.4, 0.5) is 0 Å². The second-order valence-corrected chi connectivity index (χ2v) is 3.31. The van der Waals surface area contributed by atoms with E-state index < -0.39 is 11.0 Å². The molecular formula is C5H5N3O2S. The number of aromatic nitrogens is 2. The van der Waals surface area contributed by atoms with E-state index in [-0.39, 0.29) is 5.91 Å². The van der Waals surface area contributed by atoms with Crippen molar-refractivity contribution in [2.75, 3.05) is 0 Å². The number of amides is 1. The van der Waals surface area contributed by atoms with Crippen molar-refractivity contribution < 1.29 is 9.35 Å². The van der Waals surface area contributed by atoms with Crippen LogP contribution in [0.3, 0.4) is 0 Å². The molecule has 11 heavy (non-hydrogen) atoms. The molecule has 1 aromatic rings. The van der Waals surface area contributed by atoms with E-state index in [1.165, 1.54) is 12.4 Å². The lowest BCUT2D eigenvalue weighted by atomic mass is 10.5. The predicted octanol–water partition coefficient (Wildman–Crippen LogP) is -2.03. The van der Waals surface area contributed by atoms with E-state index in [0.717, 1.165) is 0 Å². The largest absolute Gasteiger partial charge is 0.628 e. The van der Waals surface area contributed by atoms with Gasteiger partial charge < -0.3 is 9.54 Å². The fourth-order valence-corrected chi connectivity index (χ4v) is 1.76. The first-order valence-electron chi connectivity index (χ1n) is 2.93. The Morgan fingerprint density at radius 2 is 2.45 bits per heavy atom. The van der Waals surface area contributed by atoms with Gasteiger partial charge in [-0.3, -0.25) is 4.79 Å². The SMILES string of the molecule is O=C1C=c2nc[nH]c2=[SH+]([O-])N1. The van der Waals surface area contributed by atoms with E-state index in [0.29, 0.717) is 9.99 Å². The van der Waals surface area contributed by atoms with E-state index in [1.54, 1.807) is 0 Å². The highest BCUT2D eigenvalue weighted by Gasteiger charge is 2.07. The molecule has 0 bridgehead atoms. The van der Waals surface area contributed by atoms with Crippen LogP contribution >= 0.6 is 0 Å². The number of nitrogens with zero attached hydrogens (tertiary/aromatic N) is 1. The molecule has 0 radical (unpaired) electrons. The third-order valence-corrected chi connectivity index (χ3v) is 2.52. The molecule has 1 atom stereocenters. The standard InChI is InChI=1S/C5H5N3O2S/c9-4-1-3-5(7-2-6-3)11(10)8-4/h1-2,11H,(H2-,6,7,8,9,10). The van der Waals surface area contributed by atoms with Gasteiger partial charge in [0.25, 0.3) is 5.91 Å². The highest BCUT2D eigenvalue weighted by molar-refractivity contribution is 7.82. The summed E-state index contributed by atoms with van der Waals surface area (Å²) in [5.74, 6) is -0.356. The molecule has 2 N–H and O–H groups in total. The van der Waals surface area contributed by atoms with E-state index in [2.05, 4.69) is 14.7 Å². The van der Waals surface area contributed by atoms with Crippen LogP contribution in [0.15, 0.2) is 6.33 Å². The Labute approximate surface area is 64.0 Å². The van der Waals surface area contributed by atoms with Gasteiger partial charge in [-0.15, -0.1) is 0 Å². The van der Waals surface area contributed by atoms with E-state index >= 15 is 0 Å². The average molecular weight is 171 g/mol. The summed E-state index contributed by atoms with van der Waals surface area (Å²) in [6.45, 7) is 0. The van der Waals surface area contributed by atoms with Crippen molar-refractivity contribution in [3.63, 3.8) is 0 Å². The quantitative estimate of drug-likeness (QED) is 0.268. The van der Waals surface area contributed by atoms with Crippen LogP contribution in [0, 0.1) is 4.64 Å². The number of imidazole rings is 1. The number of hydrogen-bond acceptors (Lipinski definition) is 3. The molecule has 1 aliphatic rings. The molecule has 1 aromatic heterocycles. The molecule has 5 nitrogen and oxygen atoms in total. The molecule has 58 valence electrons. The normalized spacial score (nSPS) is 21.9. The Hall–Kier alpha value is -1.14. The second kappa shape index (κ2) is 2.18. The first-order valence-corrected chi connectivity index (χ1v) is 4.19. The summed E-state index contributed by atoms with van der Waals surface area (Å²) in [7, 11) is -1.81. The van der Waals surface area contributed by atoms with Gasteiger partial charge in [-0.25, -0.2) is 9.71 Å². The van der Waals surface area contributed by atoms with Gasteiger partial charge >= 0.3 is 0 Å². The molecule has 0 fully saturated rings. The minimum absolute atomic E-state index is 0.356. The minimum atomic E-state index is -1.81. The summed E-state index contributed by atoms with van der Waals surface area (Å²) >= 11 is 0. The lowest BCUT2D eigenvalue weighted by Crippen LogP contribution is -2.31. The number of carbonyl (C=O) groups excluding carboxylic acids is 1. The third kappa shape index (κ3) is 0.958. The van der Waals surface area contributed by atoms with Crippen molar-refractivity contribution in [3.8, 4) is 0 Å². The first kappa shape index (κ1) is 6.56. The van der Waals surface area contributed by atoms with E-state index in [4.69, 9.17) is 0 Å². The number of rotatable bonds is 0. The van der Waals surface area contributed by atoms with Crippen LogP contribution in [-0.4, -0.2) is 20.4 Å². The molecule has 0 aromatic carbocycles. The van der Waals surface area contributed by atoms with Gasteiger partial charge in [-0.1, -0.05) is 11.0 Å². The Kier molecular flexibility index (Phi) is 1.30. The lowest BCUT2D eigenvalue weighted by molar-refractivity contribution is -0.113. The van der Waals surface area contributed by atoms with Gasteiger partial charge in [-0.05, 0) is 0 Å². The lowest BCUT2D eigenvalue weighted by Gasteiger charge is -2.05. The number of thiol groups is 1. The fourth-order valence-electron chi connectivity index (χ4n) is 0.879. The number of H-pyrrole nitrogens is 1. The summed E-state index contributed by atoms with van der Waals surface area (Å²) in [5.41, 5.74) is 0. The Balaban J connectivity index is 2.90. The van der Waals surface area contributed by atoms with Gasteiger partial charge in [0.2, 0.25) is 4.64 Å². The van der Waals surface area contributed by atoms with Crippen LogP contribution in [0.25, 0.3) is 6.08 Å². The van der Waals surface area contributed by atoms with Crippen molar-refractivity contribution in [2.45, 2.75) is 0 Å².